The fourth-order valence-electron chi connectivity index (χ4n) is 2.74. The highest BCUT2D eigenvalue weighted by atomic mass is 35.5. The van der Waals surface area contributed by atoms with Crippen molar-refractivity contribution in [3.63, 3.8) is 0 Å². The third-order valence-corrected chi connectivity index (χ3v) is 5.54. The van der Waals surface area contributed by atoms with E-state index < -0.39 is 0 Å². The van der Waals surface area contributed by atoms with E-state index in [2.05, 4.69) is 36.2 Å². The summed E-state index contributed by atoms with van der Waals surface area (Å²) in [5.74, 6) is 0.794. The first-order valence-electron chi connectivity index (χ1n) is 7.07. The van der Waals surface area contributed by atoms with Crippen molar-refractivity contribution < 1.29 is 0 Å². The Hall–Kier alpha value is -0.990. The fraction of sp³-hybridized carbons (Fsp3) is 0.353. The van der Waals surface area contributed by atoms with Crippen LogP contribution in [0.1, 0.15) is 31.7 Å². The molecule has 2 unspecified atom stereocenters. The lowest BCUT2D eigenvalue weighted by Crippen LogP contribution is -2.18. The van der Waals surface area contributed by atoms with Crippen molar-refractivity contribution in [1.82, 2.24) is 0 Å². The van der Waals surface area contributed by atoms with Crippen molar-refractivity contribution >= 4 is 35.7 Å². The first-order valence-corrected chi connectivity index (χ1v) is 8.33. The molecule has 1 aliphatic heterocycles. The Morgan fingerprint density at radius 3 is 3.15 bits per heavy atom. The van der Waals surface area contributed by atoms with Gasteiger partial charge in [0.15, 0.2) is 0 Å². The van der Waals surface area contributed by atoms with E-state index in [1.165, 1.54) is 35.3 Å². The molecule has 3 heteroatoms. The summed E-state index contributed by atoms with van der Waals surface area (Å²) in [6.45, 7) is 2.35. The number of allylic oxidation sites excluding steroid dienone is 1. The molecule has 2 atom stereocenters. The van der Waals surface area contributed by atoms with Gasteiger partial charge in [-0.2, -0.15) is 0 Å². The van der Waals surface area contributed by atoms with Crippen molar-refractivity contribution in [2.45, 2.75) is 36.3 Å². The minimum Gasteiger partial charge on any atom is -0.265 e. The molecule has 0 bridgehead atoms. The Bertz CT molecular complexity index is 589. The maximum atomic E-state index is 6.17. The van der Waals surface area contributed by atoms with Gasteiger partial charge in [0.2, 0.25) is 0 Å². The lowest BCUT2D eigenvalue weighted by atomic mass is 9.86. The van der Waals surface area contributed by atoms with E-state index in [1.54, 1.807) is 0 Å². The normalized spacial score (nSPS) is 31.4. The Kier molecular flexibility index (Phi) is 4.32. The monoisotopic (exact) mass is 303 g/mol. The molecule has 1 aromatic rings. The molecule has 1 aliphatic carbocycles. The zero-order valence-corrected chi connectivity index (χ0v) is 13.1. The molecule has 3 rings (SSSR count). The Morgan fingerprint density at radius 2 is 2.25 bits per heavy atom. The van der Waals surface area contributed by atoms with Gasteiger partial charge in [-0.25, -0.2) is 0 Å². The number of fused-ring (bicyclic) bond motifs is 2. The molecular formula is C17H18ClNS. The van der Waals surface area contributed by atoms with Crippen molar-refractivity contribution in [3.8, 4) is 0 Å². The molecular weight excluding hydrogens is 286 g/mol. The quantitative estimate of drug-likeness (QED) is 0.607. The molecule has 0 spiro atoms. The van der Waals surface area contributed by atoms with Crippen LogP contribution in [0.5, 0.6) is 0 Å². The SMILES string of the molecule is CC1CC/C2=C/C=N/C=C\c3ccc(Cl)cc3SC2C1. The fourth-order valence-corrected chi connectivity index (χ4v) is 4.52. The largest absolute Gasteiger partial charge is 0.265 e. The highest BCUT2D eigenvalue weighted by Gasteiger charge is 2.24. The van der Waals surface area contributed by atoms with Gasteiger partial charge in [-0.1, -0.05) is 30.2 Å². The predicted molar refractivity (Wildman–Crippen MR) is 89.7 cm³/mol. The molecule has 104 valence electrons. The van der Waals surface area contributed by atoms with Crippen LogP contribution in [0, 0.1) is 5.92 Å². The molecule has 0 saturated heterocycles. The Balaban J connectivity index is 2.00. The van der Waals surface area contributed by atoms with Gasteiger partial charge in [0.1, 0.15) is 0 Å². The van der Waals surface area contributed by atoms with Crippen LogP contribution in [0.4, 0.5) is 0 Å². The average Bonchev–Trinajstić information content (AvgIpc) is 2.43. The van der Waals surface area contributed by atoms with E-state index in [9.17, 15) is 0 Å². The van der Waals surface area contributed by atoms with E-state index in [-0.39, 0.29) is 0 Å². The number of nitrogens with zero attached hydrogens (tertiary/aromatic N) is 1. The van der Waals surface area contributed by atoms with E-state index >= 15 is 0 Å². The van der Waals surface area contributed by atoms with Crippen molar-refractivity contribution in [3.05, 3.63) is 46.6 Å². The van der Waals surface area contributed by atoms with Crippen LogP contribution < -0.4 is 0 Å². The smallest absolute Gasteiger partial charge is 0.0417 e. The first kappa shape index (κ1) is 14.0. The van der Waals surface area contributed by atoms with Crippen LogP contribution in [0.25, 0.3) is 6.08 Å². The number of halogens is 1. The molecule has 1 fully saturated rings. The zero-order valence-electron chi connectivity index (χ0n) is 11.6. The van der Waals surface area contributed by atoms with Gasteiger partial charge >= 0.3 is 0 Å². The zero-order chi connectivity index (χ0) is 13.9. The van der Waals surface area contributed by atoms with E-state index in [1.807, 2.05) is 30.2 Å². The highest BCUT2D eigenvalue weighted by molar-refractivity contribution is 8.00. The number of benzene rings is 1. The van der Waals surface area contributed by atoms with Crippen LogP contribution in [0.3, 0.4) is 0 Å². The molecule has 1 saturated carbocycles. The van der Waals surface area contributed by atoms with Crippen molar-refractivity contribution in [2.24, 2.45) is 10.9 Å². The summed E-state index contributed by atoms with van der Waals surface area (Å²) in [5, 5.41) is 1.36. The summed E-state index contributed by atoms with van der Waals surface area (Å²) >= 11 is 8.12. The summed E-state index contributed by atoms with van der Waals surface area (Å²) in [6.07, 6.45) is 11.7. The van der Waals surface area contributed by atoms with Gasteiger partial charge in [-0.3, -0.25) is 4.99 Å². The summed E-state index contributed by atoms with van der Waals surface area (Å²) in [5.41, 5.74) is 2.72. The Labute approximate surface area is 129 Å². The summed E-state index contributed by atoms with van der Waals surface area (Å²) < 4.78 is 0. The number of hydrogen-bond acceptors (Lipinski definition) is 2. The van der Waals surface area contributed by atoms with E-state index in [0.29, 0.717) is 5.25 Å². The third kappa shape index (κ3) is 3.18. The molecule has 2 aliphatic rings. The van der Waals surface area contributed by atoms with Crippen LogP contribution in [0.2, 0.25) is 5.02 Å². The Morgan fingerprint density at radius 1 is 1.35 bits per heavy atom. The van der Waals surface area contributed by atoms with Gasteiger partial charge in [0, 0.05) is 27.6 Å². The summed E-state index contributed by atoms with van der Waals surface area (Å²) in [7, 11) is 0. The second-order valence-corrected chi connectivity index (χ2v) is 7.20. The maximum Gasteiger partial charge on any atom is 0.0417 e. The highest BCUT2D eigenvalue weighted by Crippen LogP contribution is 2.41. The molecule has 0 aromatic heterocycles. The van der Waals surface area contributed by atoms with Gasteiger partial charge < -0.3 is 0 Å². The number of thioether (sulfide) groups is 1. The maximum absolute atomic E-state index is 6.17. The molecule has 1 aromatic carbocycles. The van der Waals surface area contributed by atoms with Crippen molar-refractivity contribution in [1.29, 1.82) is 0 Å². The number of hydrogen-bond donors (Lipinski definition) is 0. The molecule has 0 radical (unpaired) electrons. The van der Waals surface area contributed by atoms with E-state index in [0.717, 1.165) is 10.9 Å². The van der Waals surface area contributed by atoms with Gasteiger partial charge in [0.05, 0.1) is 0 Å². The third-order valence-electron chi connectivity index (χ3n) is 3.92. The summed E-state index contributed by atoms with van der Waals surface area (Å²) in [4.78, 5) is 5.60. The van der Waals surface area contributed by atoms with Crippen LogP contribution in [-0.2, 0) is 0 Å². The van der Waals surface area contributed by atoms with E-state index in [4.69, 9.17) is 11.6 Å². The molecule has 0 amide bonds. The standard InChI is InChI=1S/C17H18ClNS/c1-12-2-3-13-6-8-19-9-7-14-4-5-15(18)11-17(14)20-16(13)10-12/h4-9,11-12,16H,2-3,10H2,1H3/b9-7-,13-6-,19-8+. The minimum atomic E-state index is 0.550. The summed E-state index contributed by atoms with van der Waals surface area (Å²) in [6, 6.07) is 6.10. The second kappa shape index (κ2) is 6.19. The topological polar surface area (TPSA) is 12.4 Å². The first-order chi connectivity index (χ1) is 9.72. The minimum absolute atomic E-state index is 0.550. The molecule has 1 heterocycles. The second-order valence-electron chi connectivity index (χ2n) is 5.52. The lowest BCUT2D eigenvalue weighted by molar-refractivity contribution is 0.451. The van der Waals surface area contributed by atoms with Crippen LogP contribution >= 0.6 is 23.4 Å². The van der Waals surface area contributed by atoms with Crippen molar-refractivity contribution in [2.75, 3.05) is 0 Å². The lowest BCUT2D eigenvalue weighted by Gasteiger charge is -2.29. The van der Waals surface area contributed by atoms with Crippen LogP contribution in [0.15, 0.2) is 45.9 Å². The molecule has 0 N–H and O–H groups in total. The van der Waals surface area contributed by atoms with Gasteiger partial charge in [0.25, 0.3) is 0 Å². The molecule has 1 nitrogen and oxygen atoms in total. The number of aliphatic imine (C=N–C) groups is 1. The average molecular weight is 304 g/mol. The van der Waals surface area contributed by atoms with Gasteiger partial charge in [-0.05, 0) is 55.0 Å². The number of rotatable bonds is 0. The molecule has 20 heavy (non-hydrogen) atoms. The van der Waals surface area contributed by atoms with Crippen LogP contribution in [-0.4, -0.2) is 11.5 Å². The van der Waals surface area contributed by atoms with Gasteiger partial charge in [-0.15, -0.1) is 11.8 Å². The predicted octanol–water partition coefficient (Wildman–Crippen LogP) is 5.60.